The molecule has 0 saturated carbocycles. The lowest BCUT2D eigenvalue weighted by Gasteiger charge is -1.97. The van der Waals surface area contributed by atoms with E-state index in [1.807, 2.05) is 24.0 Å². The van der Waals surface area contributed by atoms with Crippen molar-refractivity contribution in [3.05, 3.63) is 18.2 Å². The smallest absolute Gasteiger partial charge is 0.108 e. The van der Waals surface area contributed by atoms with E-state index in [-0.39, 0.29) is 17.0 Å². The Morgan fingerprint density at radius 2 is 2.36 bits per heavy atom. The summed E-state index contributed by atoms with van der Waals surface area (Å²) < 4.78 is 2.02. The first kappa shape index (κ1) is 10.7. The minimum absolute atomic E-state index is 0. The fraction of sp³-hybridized carbons (Fsp3) is 0.571. The molecule has 0 aliphatic rings. The molecule has 0 spiro atoms. The molecule has 0 fully saturated rings. The molecule has 0 saturated heterocycles. The number of halogens is 1. The van der Waals surface area contributed by atoms with Crippen LogP contribution in [0.3, 0.4) is 0 Å². The van der Waals surface area contributed by atoms with Gasteiger partial charge in [-0.2, -0.15) is 0 Å². The third-order valence-corrected chi connectivity index (χ3v) is 1.53. The topological polar surface area (TPSA) is 43.8 Å². The molecule has 0 aromatic carbocycles. The average Bonchev–Trinajstić information content (AvgIpc) is 2.31. The van der Waals surface area contributed by atoms with Gasteiger partial charge in [0.25, 0.3) is 0 Å². The van der Waals surface area contributed by atoms with E-state index in [1.165, 1.54) is 0 Å². The second-order valence-corrected chi connectivity index (χ2v) is 2.35. The summed E-state index contributed by atoms with van der Waals surface area (Å²) >= 11 is 0. The largest absolute Gasteiger partial charge is 0.338 e. The van der Waals surface area contributed by atoms with E-state index in [9.17, 15) is 0 Å². The first-order chi connectivity index (χ1) is 4.84. The van der Waals surface area contributed by atoms with Gasteiger partial charge in [0.1, 0.15) is 5.82 Å². The molecule has 0 aliphatic heterocycles. The van der Waals surface area contributed by atoms with Gasteiger partial charge in [-0.15, -0.1) is 17.0 Å². The summed E-state index contributed by atoms with van der Waals surface area (Å²) in [4.78, 5) is 4.16. The molecule has 0 bridgehead atoms. The molecule has 0 aliphatic carbocycles. The minimum atomic E-state index is 0. The molecule has 0 amide bonds. The lowest BCUT2D eigenvalue weighted by Crippen LogP contribution is -2.03. The number of imidazole rings is 1. The lowest BCUT2D eigenvalue weighted by molar-refractivity contribution is 0.731. The molecule has 1 heterocycles. The van der Waals surface area contributed by atoms with E-state index >= 15 is 0 Å². The third kappa shape index (κ3) is 3.03. The zero-order chi connectivity index (χ0) is 7.40. The molecule has 1 aromatic heterocycles. The van der Waals surface area contributed by atoms with Gasteiger partial charge in [0.15, 0.2) is 0 Å². The Balaban J connectivity index is 0.000001000. The predicted octanol–water partition coefficient (Wildman–Crippen LogP) is 0.889. The van der Waals surface area contributed by atoms with Crippen LogP contribution in [0.4, 0.5) is 0 Å². The molecule has 0 radical (unpaired) electrons. The number of nitrogens with two attached hydrogens (primary N) is 1. The number of nitrogens with zero attached hydrogens (tertiary/aromatic N) is 2. The Morgan fingerprint density at radius 3 is 2.82 bits per heavy atom. The number of hydrogen-bond acceptors (Lipinski definition) is 2. The fourth-order valence-corrected chi connectivity index (χ4v) is 0.898. The van der Waals surface area contributed by atoms with Crippen LogP contribution >= 0.6 is 17.0 Å². The fourth-order valence-electron chi connectivity index (χ4n) is 0.898. The lowest BCUT2D eigenvalue weighted by atomic mass is 10.3. The summed E-state index contributed by atoms with van der Waals surface area (Å²) in [6.45, 7) is 0.743. The van der Waals surface area contributed by atoms with Crippen LogP contribution in [0.25, 0.3) is 0 Å². The van der Waals surface area contributed by atoms with E-state index in [4.69, 9.17) is 5.73 Å². The van der Waals surface area contributed by atoms with Gasteiger partial charge in [-0.1, -0.05) is 0 Å². The Morgan fingerprint density at radius 1 is 1.64 bits per heavy atom. The van der Waals surface area contributed by atoms with E-state index in [0.717, 1.165) is 25.2 Å². The maximum atomic E-state index is 5.36. The monoisotopic (exact) mass is 219 g/mol. The number of hydrogen-bond donors (Lipinski definition) is 1. The molecule has 2 N–H and O–H groups in total. The van der Waals surface area contributed by atoms with Crippen LogP contribution < -0.4 is 5.73 Å². The highest BCUT2D eigenvalue weighted by atomic mass is 79.9. The van der Waals surface area contributed by atoms with Crippen molar-refractivity contribution in [3.63, 3.8) is 0 Å². The molecule has 4 heteroatoms. The van der Waals surface area contributed by atoms with Crippen molar-refractivity contribution in [2.45, 2.75) is 12.8 Å². The number of aryl methyl sites for hydroxylation is 2. The Labute approximate surface area is 77.4 Å². The predicted molar refractivity (Wildman–Crippen MR) is 50.9 cm³/mol. The zero-order valence-corrected chi connectivity index (χ0v) is 8.37. The second kappa shape index (κ2) is 5.32. The number of rotatable bonds is 3. The van der Waals surface area contributed by atoms with Crippen LogP contribution in [0.1, 0.15) is 12.2 Å². The maximum Gasteiger partial charge on any atom is 0.108 e. The van der Waals surface area contributed by atoms with Gasteiger partial charge in [-0.3, -0.25) is 0 Å². The molecule has 0 unspecified atom stereocenters. The summed E-state index contributed by atoms with van der Waals surface area (Å²) in [6, 6.07) is 0. The molecular formula is C7H14BrN3. The first-order valence-corrected chi connectivity index (χ1v) is 3.51. The van der Waals surface area contributed by atoms with E-state index in [0.29, 0.717) is 0 Å². The Bertz CT molecular complexity index is 197. The van der Waals surface area contributed by atoms with Crippen LogP contribution in [-0.4, -0.2) is 16.1 Å². The van der Waals surface area contributed by atoms with Gasteiger partial charge >= 0.3 is 0 Å². The first-order valence-electron chi connectivity index (χ1n) is 3.51. The van der Waals surface area contributed by atoms with E-state index in [1.54, 1.807) is 0 Å². The van der Waals surface area contributed by atoms with Crippen LogP contribution in [0, 0.1) is 0 Å². The molecular weight excluding hydrogens is 206 g/mol. The summed E-state index contributed by atoms with van der Waals surface area (Å²) in [5, 5.41) is 0. The van der Waals surface area contributed by atoms with Crippen LogP contribution in [0.2, 0.25) is 0 Å². The van der Waals surface area contributed by atoms with E-state index in [2.05, 4.69) is 4.98 Å². The van der Waals surface area contributed by atoms with Gasteiger partial charge in [-0.05, 0) is 13.0 Å². The highest BCUT2D eigenvalue weighted by Crippen LogP contribution is 1.96. The quantitative estimate of drug-likeness (QED) is 0.822. The van der Waals surface area contributed by atoms with Crippen LogP contribution in [0.15, 0.2) is 12.4 Å². The standard InChI is InChI=1S/C7H13N3.BrH/c1-10-6-5-9-7(10)3-2-4-8;/h5-6H,2-4,8H2,1H3;1H. The zero-order valence-electron chi connectivity index (χ0n) is 6.66. The van der Waals surface area contributed by atoms with Crippen molar-refractivity contribution in [1.29, 1.82) is 0 Å². The van der Waals surface area contributed by atoms with Gasteiger partial charge in [0.2, 0.25) is 0 Å². The average molecular weight is 220 g/mol. The van der Waals surface area contributed by atoms with E-state index < -0.39 is 0 Å². The summed E-state index contributed by atoms with van der Waals surface area (Å²) in [6.07, 6.45) is 5.77. The highest BCUT2D eigenvalue weighted by molar-refractivity contribution is 8.93. The van der Waals surface area contributed by atoms with Crippen molar-refractivity contribution in [1.82, 2.24) is 9.55 Å². The van der Waals surface area contributed by atoms with Crippen LogP contribution in [0.5, 0.6) is 0 Å². The second-order valence-electron chi connectivity index (χ2n) is 2.35. The molecule has 1 aromatic rings. The third-order valence-electron chi connectivity index (χ3n) is 1.53. The van der Waals surface area contributed by atoms with Gasteiger partial charge in [-0.25, -0.2) is 4.98 Å². The Kier molecular flexibility index (Phi) is 5.15. The molecule has 64 valence electrons. The Hall–Kier alpha value is -0.350. The SMILES string of the molecule is Br.Cn1ccnc1CCCN. The molecule has 0 atom stereocenters. The van der Waals surface area contributed by atoms with Gasteiger partial charge in [0, 0.05) is 25.9 Å². The minimum Gasteiger partial charge on any atom is -0.338 e. The van der Waals surface area contributed by atoms with Crippen molar-refractivity contribution in [3.8, 4) is 0 Å². The summed E-state index contributed by atoms with van der Waals surface area (Å²) in [7, 11) is 2.00. The van der Waals surface area contributed by atoms with Crippen LogP contribution in [-0.2, 0) is 13.5 Å². The molecule has 11 heavy (non-hydrogen) atoms. The van der Waals surface area contributed by atoms with Gasteiger partial charge < -0.3 is 10.3 Å². The van der Waals surface area contributed by atoms with Crippen molar-refractivity contribution in [2.24, 2.45) is 12.8 Å². The molecule has 1 rings (SSSR count). The van der Waals surface area contributed by atoms with Crippen molar-refractivity contribution in [2.75, 3.05) is 6.54 Å². The van der Waals surface area contributed by atoms with Gasteiger partial charge in [0.05, 0.1) is 0 Å². The normalized spacial score (nSPS) is 9.27. The highest BCUT2D eigenvalue weighted by Gasteiger charge is 1.95. The summed E-state index contributed by atoms with van der Waals surface area (Å²) in [5.41, 5.74) is 5.36. The van der Waals surface area contributed by atoms with Crippen molar-refractivity contribution >= 4 is 17.0 Å². The summed E-state index contributed by atoms with van der Waals surface area (Å²) in [5.74, 6) is 1.12. The maximum absolute atomic E-state index is 5.36. The number of aromatic nitrogens is 2. The van der Waals surface area contributed by atoms with Crippen molar-refractivity contribution < 1.29 is 0 Å². The molecule has 3 nitrogen and oxygen atoms in total.